The van der Waals surface area contributed by atoms with Crippen LogP contribution < -0.4 is 4.90 Å². The number of hydrogen-bond donors (Lipinski definition) is 2. The smallest absolute Gasteiger partial charge is 0.326 e. The summed E-state index contributed by atoms with van der Waals surface area (Å²) in [6, 6.07) is 6.94. The lowest BCUT2D eigenvalue weighted by Crippen LogP contribution is -2.47. The van der Waals surface area contributed by atoms with Crippen molar-refractivity contribution in [3.63, 3.8) is 0 Å². The minimum Gasteiger partial charge on any atom is -0.480 e. The first kappa shape index (κ1) is 14.8. The molecule has 0 aliphatic carbocycles. The third-order valence-electron chi connectivity index (χ3n) is 3.48. The number of nitrogens with zero attached hydrogens (tertiary/aromatic N) is 3. The van der Waals surface area contributed by atoms with Gasteiger partial charge in [0, 0.05) is 20.0 Å². The van der Waals surface area contributed by atoms with E-state index in [2.05, 4.69) is 0 Å². The van der Waals surface area contributed by atoms with Crippen LogP contribution in [-0.2, 0) is 4.79 Å². The molecule has 0 unspecified atom stereocenters. The number of carbonyl (C=O) groups is 2. The van der Waals surface area contributed by atoms with E-state index in [1.807, 2.05) is 6.07 Å². The number of likely N-dealkylation sites (tertiary alicyclic amines) is 1. The molecule has 7 heteroatoms. The Morgan fingerprint density at radius 3 is 2.71 bits per heavy atom. The minimum atomic E-state index is -1.15. The quantitative estimate of drug-likeness (QED) is 0.831. The summed E-state index contributed by atoms with van der Waals surface area (Å²) in [7, 11) is 1.47. The molecular formula is C14H15N3O4. The topological polar surface area (TPSA) is 105 Å². The average Bonchev–Trinajstić information content (AvgIpc) is 2.88. The van der Waals surface area contributed by atoms with Crippen LogP contribution >= 0.6 is 0 Å². The highest BCUT2D eigenvalue weighted by molar-refractivity contribution is 5.95. The Hall–Kier alpha value is -2.59. The van der Waals surface area contributed by atoms with Crippen molar-refractivity contribution < 1.29 is 19.8 Å². The molecule has 0 saturated carbocycles. The first-order chi connectivity index (χ1) is 9.95. The average molecular weight is 289 g/mol. The van der Waals surface area contributed by atoms with Gasteiger partial charge in [0.15, 0.2) is 0 Å². The van der Waals surface area contributed by atoms with E-state index in [0.717, 1.165) is 4.90 Å². The Morgan fingerprint density at radius 2 is 2.10 bits per heavy atom. The maximum absolute atomic E-state index is 12.4. The number of rotatable bonds is 2. The molecule has 2 N–H and O–H groups in total. The van der Waals surface area contributed by atoms with Crippen LogP contribution in [0.15, 0.2) is 24.3 Å². The van der Waals surface area contributed by atoms with E-state index in [0.29, 0.717) is 11.3 Å². The minimum absolute atomic E-state index is 0.00874. The molecule has 2 amide bonds. The van der Waals surface area contributed by atoms with Crippen molar-refractivity contribution in [2.45, 2.75) is 18.6 Å². The predicted octanol–water partition coefficient (Wildman–Crippen LogP) is 0.634. The lowest BCUT2D eigenvalue weighted by atomic mass is 10.2. The molecule has 2 atom stereocenters. The van der Waals surface area contributed by atoms with Crippen molar-refractivity contribution >= 4 is 17.7 Å². The molecule has 1 fully saturated rings. The Balaban J connectivity index is 2.27. The molecule has 1 heterocycles. The fourth-order valence-electron chi connectivity index (χ4n) is 2.42. The van der Waals surface area contributed by atoms with Crippen molar-refractivity contribution in [1.29, 1.82) is 5.26 Å². The fraction of sp³-hybridized carbons (Fsp3) is 0.357. The summed E-state index contributed by atoms with van der Waals surface area (Å²) in [5.41, 5.74) is 0.718. The highest BCUT2D eigenvalue weighted by atomic mass is 16.4. The number of benzene rings is 1. The van der Waals surface area contributed by atoms with Gasteiger partial charge in [0.2, 0.25) is 0 Å². The molecule has 1 aliphatic rings. The first-order valence-electron chi connectivity index (χ1n) is 6.40. The molecule has 1 aliphatic heterocycles. The van der Waals surface area contributed by atoms with Crippen LogP contribution in [0.4, 0.5) is 10.5 Å². The normalized spacial score (nSPS) is 20.9. The Labute approximate surface area is 121 Å². The first-order valence-corrected chi connectivity index (χ1v) is 6.40. The molecular weight excluding hydrogens is 274 g/mol. The van der Waals surface area contributed by atoms with E-state index in [-0.39, 0.29) is 13.0 Å². The van der Waals surface area contributed by atoms with Gasteiger partial charge in [0.1, 0.15) is 12.1 Å². The number of carbonyl (C=O) groups excluding carboxylic acids is 1. The SMILES string of the molecule is CN(C(=O)N1C[C@H](O)C[C@H]1C(=O)O)c1ccccc1C#N. The van der Waals surface area contributed by atoms with Gasteiger partial charge in [-0.1, -0.05) is 12.1 Å². The molecule has 1 saturated heterocycles. The van der Waals surface area contributed by atoms with Crippen LogP contribution in [0, 0.1) is 11.3 Å². The van der Waals surface area contributed by atoms with Crippen molar-refractivity contribution in [3.8, 4) is 6.07 Å². The number of carboxylic acid groups (broad SMARTS) is 1. The molecule has 1 aromatic carbocycles. The van der Waals surface area contributed by atoms with Gasteiger partial charge in [0.05, 0.1) is 17.4 Å². The number of aliphatic hydroxyl groups is 1. The number of urea groups is 1. The second-order valence-electron chi connectivity index (χ2n) is 4.87. The standard InChI is InChI=1S/C14H15N3O4/c1-16(11-5-3-2-4-9(11)7-15)14(21)17-8-10(18)6-12(17)13(19)20/h2-5,10,12,18H,6,8H2,1H3,(H,19,20)/t10-,12+/m1/s1. The van der Waals surface area contributed by atoms with Gasteiger partial charge in [-0.25, -0.2) is 9.59 Å². The zero-order valence-corrected chi connectivity index (χ0v) is 11.4. The maximum Gasteiger partial charge on any atom is 0.326 e. The monoisotopic (exact) mass is 289 g/mol. The fourth-order valence-corrected chi connectivity index (χ4v) is 2.42. The van der Waals surface area contributed by atoms with Gasteiger partial charge < -0.3 is 15.1 Å². The van der Waals surface area contributed by atoms with E-state index in [1.54, 1.807) is 24.3 Å². The largest absolute Gasteiger partial charge is 0.480 e. The lowest BCUT2D eigenvalue weighted by molar-refractivity contribution is -0.141. The van der Waals surface area contributed by atoms with E-state index in [1.165, 1.54) is 11.9 Å². The summed E-state index contributed by atoms with van der Waals surface area (Å²) in [6.45, 7) is -0.0329. The number of hydrogen-bond acceptors (Lipinski definition) is 4. The van der Waals surface area contributed by atoms with E-state index in [4.69, 9.17) is 10.4 Å². The van der Waals surface area contributed by atoms with Gasteiger partial charge in [0.25, 0.3) is 0 Å². The molecule has 1 aromatic rings. The van der Waals surface area contributed by atoms with Gasteiger partial charge in [-0.2, -0.15) is 5.26 Å². The lowest BCUT2D eigenvalue weighted by Gasteiger charge is -2.27. The summed E-state index contributed by atoms with van der Waals surface area (Å²) < 4.78 is 0. The molecule has 0 radical (unpaired) electrons. The van der Waals surface area contributed by atoms with Crippen molar-refractivity contribution in [2.75, 3.05) is 18.5 Å². The van der Waals surface area contributed by atoms with E-state index < -0.39 is 24.1 Å². The number of nitriles is 1. The van der Waals surface area contributed by atoms with E-state index in [9.17, 15) is 14.7 Å². The third-order valence-corrected chi connectivity index (χ3v) is 3.48. The summed E-state index contributed by atoms with van der Waals surface area (Å²) in [5.74, 6) is -1.15. The Kier molecular flexibility index (Phi) is 4.10. The number of aliphatic hydroxyl groups excluding tert-OH is 1. The van der Waals surface area contributed by atoms with Gasteiger partial charge in [-0.05, 0) is 12.1 Å². The van der Waals surface area contributed by atoms with Gasteiger partial charge in [-0.15, -0.1) is 0 Å². The van der Waals surface area contributed by atoms with Crippen LogP contribution in [0.3, 0.4) is 0 Å². The zero-order chi connectivity index (χ0) is 15.6. The molecule has 110 valence electrons. The highest BCUT2D eigenvalue weighted by Gasteiger charge is 2.40. The number of anilines is 1. The summed E-state index contributed by atoms with van der Waals surface area (Å²) in [6.07, 6.45) is -0.843. The highest BCUT2D eigenvalue weighted by Crippen LogP contribution is 2.24. The summed E-state index contributed by atoms with van der Waals surface area (Å²) in [5, 5.41) is 27.8. The van der Waals surface area contributed by atoms with Crippen LogP contribution in [-0.4, -0.2) is 52.9 Å². The van der Waals surface area contributed by atoms with Gasteiger partial charge >= 0.3 is 12.0 Å². The Morgan fingerprint density at radius 1 is 1.43 bits per heavy atom. The molecule has 0 aromatic heterocycles. The molecule has 7 nitrogen and oxygen atoms in total. The molecule has 2 rings (SSSR count). The second kappa shape index (κ2) is 5.81. The van der Waals surface area contributed by atoms with Gasteiger partial charge in [-0.3, -0.25) is 4.90 Å². The maximum atomic E-state index is 12.4. The number of aliphatic carboxylic acids is 1. The molecule has 0 bridgehead atoms. The Bertz CT molecular complexity index is 610. The number of carboxylic acids is 1. The molecule has 0 spiro atoms. The van der Waals surface area contributed by atoms with Crippen LogP contribution in [0.1, 0.15) is 12.0 Å². The predicted molar refractivity (Wildman–Crippen MR) is 73.7 cm³/mol. The van der Waals surface area contributed by atoms with Crippen LogP contribution in [0.2, 0.25) is 0 Å². The summed E-state index contributed by atoms with van der Waals surface area (Å²) >= 11 is 0. The van der Waals surface area contributed by atoms with Crippen LogP contribution in [0.5, 0.6) is 0 Å². The third kappa shape index (κ3) is 2.80. The number of amides is 2. The second-order valence-corrected chi connectivity index (χ2v) is 4.87. The summed E-state index contributed by atoms with van der Waals surface area (Å²) in [4.78, 5) is 26.0. The van der Waals surface area contributed by atoms with Crippen LogP contribution in [0.25, 0.3) is 0 Å². The molecule has 21 heavy (non-hydrogen) atoms. The van der Waals surface area contributed by atoms with Crippen molar-refractivity contribution in [2.24, 2.45) is 0 Å². The number of para-hydroxylation sites is 1. The zero-order valence-electron chi connectivity index (χ0n) is 11.4. The number of β-amino-alcohol motifs (C(OH)–C–C–N with tert-alkyl or cyclic N) is 1. The van der Waals surface area contributed by atoms with Crippen molar-refractivity contribution in [1.82, 2.24) is 4.90 Å². The van der Waals surface area contributed by atoms with E-state index >= 15 is 0 Å². The van der Waals surface area contributed by atoms with Crippen molar-refractivity contribution in [3.05, 3.63) is 29.8 Å².